The molecule has 1 unspecified atom stereocenters. The molecule has 0 spiro atoms. The molecule has 0 saturated carbocycles. The molecule has 2 aliphatic heterocycles. The lowest BCUT2D eigenvalue weighted by Gasteiger charge is -2.34. The monoisotopic (exact) mass is 242 g/mol. The van der Waals surface area contributed by atoms with E-state index >= 15 is 0 Å². The van der Waals surface area contributed by atoms with Crippen molar-refractivity contribution in [2.45, 2.75) is 18.9 Å². The van der Waals surface area contributed by atoms with Gasteiger partial charge in [0.15, 0.2) is 6.10 Å². The Kier molecular flexibility index (Phi) is 3.83. The molecule has 0 aliphatic carbocycles. The molecule has 2 aliphatic rings. The average Bonchev–Trinajstić information content (AvgIpc) is 2.91. The molecule has 2 amide bonds. The van der Waals surface area contributed by atoms with Gasteiger partial charge in [0.05, 0.1) is 20.3 Å². The van der Waals surface area contributed by atoms with Gasteiger partial charge in [-0.2, -0.15) is 0 Å². The van der Waals surface area contributed by atoms with E-state index < -0.39 is 12.1 Å². The van der Waals surface area contributed by atoms with E-state index in [0.717, 1.165) is 25.9 Å². The number of amides is 2. The molecule has 96 valence electrons. The number of ether oxygens (including phenoxy) is 2. The van der Waals surface area contributed by atoms with Crippen molar-refractivity contribution in [3.05, 3.63) is 0 Å². The summed E-state index contributed by atoms with van der Waals surface area (Å²) in [5, 5.41) is 0. The van der Waals surface area contributed by atoms with Gasteiger partial charge in [-0.1, -0.05) is 0 Å². The van der Waals surface area contributed by atoms with Crippen LogP contribution in [0.5, 0.6) is 0 Å². The summed E-state index contributed by atoms with van der Waals surface area (Å²) < 4.78 is 9.91. The first-order valence-electron chi connectivity index (χ1n) is 5.95. The van der Waals surface area contributed by atoms with Crippen molar-refractivity contribution in [3.63, 3.8) is 0 Å². The molecule has 0 aromatic carbocycles. The number of hydrogen-bond acceptors (Lipinski definition) is 4. The maximum Gasteiger partial charge on any atom is 0.336 e. The molecular weight excluding hydrogens is 224 g/mol. The molecule has 0 aromatic heterocycles. The van der Waals surface area contributed by atoms with Crippen molar-refractivity contribution in [2.75, 3.05) is 39.9 Å². The Hall–Kier alpha value is -1.30. The zero-order chi connectivity index (χ0) is 12.3. The maximum absolute atomic E-state index is 12.1. The van der Waals surface area contributed by atoms with Gasteiger partial charge in [0.2, 0.25) is 0 Å². The fourth-order valence-corrected chi connectivity index (χ4v) is 2.21. The first kappa shape index (κ1) is 12.2. The van der Waals surface area contributed by atoms with Crippen LogP contribution in [0.3, 0.4) is 0 Å². The number of nitrogens with zero attached hydrogens (tertiary/aromatic N) is 2. The summed E-state index contributed by atoms with van der Waals surface area (Å²) in [5.74, 6) is -0.413. The zero-order valence-electron chi connectivity index (χ0n) is 10.1. The Labute approximate surface area is 100 Å². The van der Waals surface area contributed by atoms with Gasteiger partial charge in [-0.3, -0.25) is 0 Å². The van der Waals surface area contributed by atoms with E-state index in [2.05, 4.69) is 4.74 Å². The number of urea groups is 1. The van der Waals surface area contributed by atoms with Crippen molar-refractivity contribution in [2.24, 2.45) is 0 Å². The smallest absolute Gasteiger partial charge is 0.336 e. The molecule has 2 saturated heterocycles. The number of methoxy groups -OCH3 is 1. The summed E-state index contributed by atoms with van der Waals surface area (Å²) in [6, 6.07) is 0.0136. The normalized spacial score (nSPS) is 24.9. The van der Waals surface area contributed by atoms with Gasteiger partial charge < -0.3 is 19.3 Å². The summed E-state index contributed by atoms with van der Waals surface area (Å²) >= 11 is 0. The highest BCUT2D eigenvalue weighted by molar-refractivity contribution is 5.78. The number of likely N-dealkylation sites (tertiary alicyclic amines) is 1. The van der Waals surface area contributed by atoms with Crippen LogP contribution in [0, 0.1) is 0 Å². The topological polar surface area (TPSA) is 59.1 Å². The van der Waals surface area contributed by atoms with E-state index in [1.54, 1.807) is 4.90 Å². The van der Waals surface area contributed by atoms with E-state index in [4.69, 9.17) is 4.74 Å². The largest absolute Gasteiger partial charge is 0.467 e. The lowest BCUT2D eigenvalue weighted by atomic mass is 10.3. The summed E-state index contributed by atoms with van der Waals surface area (Å²) in [4.78, 5) is 27.0. The molecule has 2 fully saturated rings. The predicted octanol–water partition coefficient (Wildman–Crippen LogP) is 0.0760. The lowest BCUT2D eigenvalue weighted by molar-refractivity contribution is -0.158. The third kappa shape index (κ3) is 2.69. The molecule has 0 bridgehead atoms. The first-order valence-corrected chi connectivity index (χ1v) is 5.95. The summed E-state index contributed by atoms with van der Waals surface area (Å²) in [5.41, 5.74) is 0. The number of carbonyl (C=O) groups excluding carboxylic acids is 2. The van der Waals surface area contributed by atoms with Crippen LogP contribution in [0.4, 0.5) is 4.79 Å². The predicted molar refractivity (Wildman–Crippen MR) is 59.5 cm³/mol. The molecule has 0 aromatic rings. The van der Waals surface area contributed by atoms with Crippen LogP contribution in [0.1, 0.15) is 12.8 Å². The second kappa shape index (κ2) is 5.35. The quantitative estimate of drug-likeness (QED) is 0.611. The van der Waals surface area contributed by atoms with Crippen LogP contribution in [0.25, 0.3) is 0 Å². The van der Waals surface area contributed by atoms with Crippen molar-refractivity contribution in [1.29, 1.82) is 0 Å². The van der Waals surface area contributed by atoms with Crippen LogP contribution < -0.4 is 0 Å². The van der Waals surface area contributed by atoms with Crippen LogP contribution >= 0.6 is 0 Å². The highest BCUT2D eigenvalue weighted by Crippen LogP contribution is 2.14. The van der Waals surface area contributed by atoms with Gasteiger partial charge in [-0.25, -0.2) is 9.59 Å². The highest BCUT2D eigenvalue weighted by atomic mass is 16.6. The molecule has 2 heterocycles. The number of morpholine rings is 1. The minimum Gasteiger partial charge on any atom is -0.467 e. The average molecular weight is 242 g/mol. The van der Waals surface area contributed by atoms with E-state index in [-0.39, 0.29) is 6.03 Å². The number of rotatable bonds is 1. The maximum atomic E-state index is 12.1. The van der Waals surface area contributed by atoms with Gasteiger partial charge in [0.1, 0.15) is 0 Å². The van der Waals surface area contributed by atoms with E-state index in [1.165, 1.54) is 7.11 Å². The van der Waals surface area contributed by atoms with Crippen molar-refractivity contribution in [3.8, 4) is 0 Å². The summed E-state index contributed by atoms with van der Waals surface area (Å²) in [6.07, 6.45) is 1.49. The molecule has 2 rings (SSSR count). The van der Waals surface area contributed by atoms with Gasteiger partial charge in [0, 0.05) is 19.6 Å². The lowest BCUT2D eigenvalue weighted by Crippen LogP contribution is -2.52. The summed E-state index contributed by atoms with van der Waals surface area (Å²) in [6.45, 7) is 2.86. The first-order chi connectivity index (χ1) is 8.22. The fourth-order valence-electron chi connectivity index (χ4n) is 2.21. The molecule has 1 atom stereocenters. The number of carbonyl (C=O) groups is 2. The number of esters is 1. The highest BCUT2D eigenvalue weighted by Gasteiger charge is 2.32. The fraction of sp³-hybridized carbons (Fsp3) is 0.818. The van der Waals surface area contributed by atoms with Gasteiger partial charge >= 0.3 is 12.0 Å². The molecule has 6 heteroatoms. The second-order valence-corrected chi connectivity index (χ2v) is 4.31. The Morgan fingerprint density at radius 3 is 2.53 bits per heavy atom. The Morgan fingerprint density at radius 2 is 1.88 bits per heavy atom. The van der Waals surface area contributed by atoms with Gasteiger partial charge in [-0.05, 0) is 12.8 Å². The SMILES string of the molecule is COC(=O)C1CN(C(=O)N2CCCC2)CCO1. The van der Waals surface area contributed by atoms with Crippen molar-refractivity contribution in [1.82, 2.24) is 9.80 Å². The third-order valence-corrected chi connectivity index (χ3v) is 3.18. The zero-order valence-corrected chi connectivity index (χ0v) is 10.1. The van der Waals surface area contributed by atoms with Crippen LogP contribution in [-0.2, 0) is 14.3 Å². The molecule has 0 N–H and O–H groups in total. The van der Waals surface area contributed by atoms with Crippen LogP contribution in [0.15, 0.2) is 0 Å². The molecule has 6 nitrogen and oxygen atoms in total. The van der Waals surface area contributed by atoms with E-state index in [0.29, 0.717) is 19.7 Å². The second-order valence-electron chi connectivity index (χ2n) is 4.31. The standard InChI is InChI=1S/C11H18N2O4/c1-16-10(14)9-8-13(6-7-17-9)11(15)12-4-2-3-5-12/h9H,2-8H2,1H3. The van der Waals surface area contributed by atoms with Crippen LogP contribution in [-0.4, -0.2) is 67.8 Å². The van der Waals surface area contributed by atoms with Gasteiger partial charge in [-0.15, -0.1) is 0 Å². The minimum atomic E-state index is -0.639. The summed E-state index contributed by atoms with van der Waals surface area (Å²) in [7, 11) is 1.33. The number of hydrogen-bond donors (Lipinski definition) is 0. The molecular formula is C11H18N2O4. The van der Waals surface area contributed by atoms with Crippen LogP contribution in [0.2, 0.25) is 0 Å². The van der Waals surface area contributed by atoms with E-state index in [9.17, 15) is 9.59 Å². The van der Waals surface area contributed by atoms with Crippen molar-refractivity contribution >= 4 is 12.0 Å². The Morgan fingerprint density at radius 1 is 1.18 bits per heavy atom. The Bertz CT molecular complexity index is 302. The minimum absolute atomic E-state index is 0.0136. The molecule has 17 heavy (non-hydrogen) atoms. The van der Waals surface area contributed by atoms with E-state index in [1.807, 2.05) is 4.90 Å². The van der Waals surface area contributed by atoms with Gasteiger partial charge in [0.25, 0.3) is 0 Å². The third-order valence-electron chi connectivity index (χ3n) is 3.18. The van der Waals surface area contributed by atoms with Crippen molar-refractivity contribution < 1.29 is 19.1 Å². The molecule has 0 radical (unpaired) electrons. The Balaban J connectivity index is 1.92.